The number of carbonyl (C=O) groups excluding carboxylic acids is 1. The number of rotatable bonds is 9. The molecular weight excluding hydrogens is 447 g/mol. The number of amidine groups is 1. The molecule has 0 aliphatic carbocycles. The van der Waals surface area contributed by atoms with Gasteiger partial charge in [0.15, 0.2) is 11.6 Å². The van der Waals surface area contributed by atoms with Crippen molar-refractivity contribution in [2.75, 3.05) is 26.8 Å². The lowest BCUT2D eigenvalue weighted by Gasteiger charge is -2.09. The van der Waals surface area contributed by atoms with E-state index in [1.165, 1.54) is 6.07 Å². The molecule has 0 aromatic heterocycles. The molecule has 0 radical (unpaired) electrons. The van der Waals surface area contributed by atoms with Gasteiger partial charge < -0.3 is 10.5 Å². The molecule has 0 aliphatic rings. The van der Waals surface area contributed by atoms with Gasteiger partial charge in [0.05, 0.1) is 0 Å². The Labute approximate surface area is 196 Å². The number of aryl methyl sites for hydroxylation is 1. The molecule has 1 amide bonds. The minimum atomic E-state index is -1.15. The zero-order valence-corrected chi connectivity index (χ0v) is 19.4. The first-order valence-corrected chi connectivity index (χ1v) is 10.7. The summed E-state index contributed by atoms with van der Waals surface area (Å²) in [6.45, 7) is 4.83. The minimum absolute atomic E-state index is 0.0655. The fourth-order valence-electron chi connectivity index (χ4n) is 2.84. The van der Waals surface area contributed by atoms with Crippen molar-refractivity contribution < 1.29 is 22.7 Å². The summed E-state index contributed by atoms with van der Waals surface area (Å²) >= 11 is 0. The first-order chi connectivity index (χ1) is 16.2. The summed E-state index contributed by atoms with van der Waals surface area (Å²) in [5, 5.41) is 2.46. The molecule has 0 saturated heterocycles. The van der Waals surface area contributed by atoms with Crippen LogP contribution < -0.4 is 11.1 Å². The van der Waals surface area contributed by atoms with Crippen molar-refractivity contribution in [3.63, 3.8) is 0 Å². The topological polar surface area (TPSA) is 101 Å². The smallest absolute Gasteiger partial charge is 0.258 e. The van der Waals surface area contributed by atoms with Crippen molar-refractivity contribution in [3.8, 4) is 0 Å². The highest BCUT2D eigenvalue weighted by atomic mass is 19.2. The summed E-state index contributed by atoms with van der Waals surface area (Å²) in [6, 6.07) is 7.49. The number of aliphatic imine (C=N–C) groups is 3. The number of benzene rings is 2. The van der Waals surface area contributed by atoms with E-state index in [0.29, 0.717) is 36.5 Å². The van der Waals surface area contributed by atoms with Crippen molar-refractivity contribution in [2.24, 2.45) is 20.7 Å². The second-order valence-corrected chi connectivity index (χ2v) is 7.25. The number of ether oxygens (including phenoxy) is 1. The minimum Gasteiger partial charge on any atom is -0.387 e. The van der Waals surface area contributed by atoms with Gasteiger partial charge in [-0.25, -0.2) is 18.2 Å². The van der Waals surface area contributed by atoms with E-state index in [0.717, 1.165) is 18.2 Å². The summed E-state index contributed by atoms with van der Waals surface area (Å²) < 4.78 is 45.9. The Morgan fingerprint density at radius 1 is 1.06 bits per heavy atom. The molecule has 0 bridgehead atoms. The molecule has 2 aromatic rings. The van der Waals surface area contributed by atoms with Crippen LogP contribution in [0.25, 0.3) is 0 Å². The van der Waals surface area contributed by atoms with E-state index in [2.05, 4.69) is 20.3 Å². The summed E-state index contributed by atoms with van der Waals surface area (Å²) in [5.74, 6) is -3.36. The Bertz CT molecular complexity index is 1100. The van der Waals surface area contributed by atoms with E-state index in [1.54, 1.807) is 26.1 Å². The van der Waals surface area contributed by atoms with Crippen molar-refractivity contribution in [3.05, 3.63) is 70.5 Å². The molecule has 0 saturated carbocycles. The quantitative estimate of drug-likeness (QED) is 0.328. The normalized spacial score (nSPS) is 12.7. The summed E-state index contributed by atoms with van der Waals surface area (Å²) in [5.41, 5.74) is 7.50. The van der Waals surface area contributed by atoms with Crippen LogP contribution in [0.15, 0.2) is 51.4 Å². The maximum absolute atomic E-state index is 14.0. The van der Waals surface area contributed by atoms with Gasteiger partial charge in [-0.3, -0.25) is 20.1 Å². The Morgan fingerprint density at radius 2 is 1.76 bits per heavy atom. The third kappa shape index (κ3) is 8.11. The predicted octanol–water partition coefficient (Wildman–Crippen LogP) is 3.79. The van der Waals surface area contributed by atoms with Gasteiger partial charge in [0.25, 0.3) is 5.91 Å². The van der Waals surface area contributed by atoms with Crippen LogP contribution in [0, 0.1) is 24.4 Å². The van der Waals surface area contributed by atoms with Gasteiger partial charge in [-0.05, 0) is 55.7 Å². The van der Waals surface area contributed by atoms with E-state index in [-0.39, 0.29) is 36.1 Å². The van der Waals surface area contributed by atoms with Gasteiger partial charge in [-0.2, -0.15) is 0 Å². The van der Waals surface area contributed by atoms with Crippen molar-refractivity contribution in [1.82, 2.24) is 5.32 Å². The Kier molecular flexibility index (Phi) is 10.4. The fourth-order valence-corrected chi connectivity index (χ4v) is 2.84. The molecule has 7 nitrogen and oxygen atoms in total. The van der Waals surface area contributed by atoms with Gasteiger partial charge in [-0.1, -0.05) is 12.1 Å². The van der Waals surface area contributed by atoms with E-state index in [1.807, 2.05) is 6.92 Å². The van der Waals surface area contributed by atoms with Gasteiger partial charge >= 0.3 is 0 Å². The SMILES string of the molecule is CCOCCCN=C(N=C(N)CC(=NC)c1ccc(C)c(F)c1)NC(=O)c1ccc(F)c(F)c1. The maximum atomic E-state index is 14.0. The maximum Gasteiger partial charge on any atom is 0.258 e. The number of halogens is 3. The van der Waals surface area contributed by atoms with E-state index >= 15 is 0 Å². The summed E-state index contributed by atoms with van der Waals surface area (Å²) in [4.78, 5) is 25.1. The number of nitrogens with zero attached hydrogens (tertiary/aromatic N) is 3. The van der Waals surface area contributed by atoms with Crippen LogP contribution in [-0.4, -0.2) is 50.2 Å². The molecular formula is C24H28F3N5O2. The Hall–Kier alpha value is -3.53. The zero-order valence-electron chi connectivity index (χ0n) is 19.4. The third-order valence-electron chi connectivity index (χ3n) is 4.69. The number of amides is 1. The van der Waals surface area contributed by atoms with Crippen LogP contribution in [0.2, 0.25) is 0 Å². The average molecular weight is 476 g/mol. The second kappa shape index (κ2) is 13.2. The number of hydrogen-bond donors (Lipinski definition) is 2. The average Bonchev–Trinajstić information content (AvgIpc) is 2.80. The molecule has 34 heavy (non-hydrogen) atoms. The van der Waals surface area contributed by atoms with Crippen LogP contribution in [0.3, 0.4) is 0 Å². The molecule has 182 valence electrons. The monoisotopic (exact) mass is 475 g/mol. The molecule has 3 N–H and O–H groups in total. The van der Waals surface area contributed by atoms with E-state index in [4.69, 9.17) is 10.5 Å². The first kappa shape index (κ1) is 26.7. The highest BCUT2D eigenvalue weighted by Crippen LogP contribution is 2.12. The molecule has 0 aliphatic heterocycles. The van der Waals surface area contributed by atoms with Gasteiger partial charge in [-0.15, -0.1) is 0 Å². The third-order valence-corrected chi connectivity index (χ3v) is 4.69. The van der Waals surface area contributed by atoms with Crippen LogP contribution >= 0.6 is 0 Å². The van der Waals surface area contributed by atoms with Crippen LogP contribution in [-0.2, 0) is 4.74 Å². The number of guanidine groups is 1. The first-order valence-electron chi connectivity index (χ1n) is 10.7. The molecule has 0 atom stereocenters. The standard InChI is InChI=1S/C24H28F3N5O2/c1-4-34-11-5-10-30-24(32-23(33)17-8-9-18(25)20(27)13-17)31-22(28)14-21(29-3)16-7-6-15(2)19(26)12-16/h6-9,12-13H,4-5,10-11,14H2,1-3H3,(H3,28,30,31,32,33). The number of nitrogens with one attached hydrogen (secondary N) is 1. The molecule has 0 heterocycles. The molecule has 0 fully saturated rings. The molecule has 2 rings (SSSR count). The summed E-state index contributed by atoms with van der Waals surface area (Å²) in [6.07, 6.45) is 0.635. The van der Waals surface area contributed by atoms with E-state index < -0.39 is 17.5 Å². The fraction of sp³-hybridized carbons (Fsp3) is 0.333. The Balaban J connectivity index is 2.22. The molecule has 2 aromatic carbocycles. The summed E-state index contributed by atoms with van der Waals surface area (Å²) in [7, 11) is 1.55. The van der Waals surface area contributed by atoms with E-state index in [9.17, 15) is 18.0 Å². The highest BCUT2D eigenvalue weighted by Gasteiger charge is 2.13. The highest BCUT2D eigenvalue weighted by molar-refractivity contribution is 6.15. The van der Waals surface area contributed by atoms with Crippen molar-refractivity contribution in [2.45, 2.75) is 26.7 Å². The number of nitrogens with two attached hydrogens (primary N) is 1. The zero-order chi connectivity index (χ0) is 25.1. The predicted molar refractivity (Wildman–Crippen MR) is 127 cm³/mol. The molecule has 0 spiro atoms. The second-order valence-electron chi connectivity index (χ2n) is 7.25. The largest absolute Gasteiger partial charge is 0.387 e. The van der Waals surface area contributed by atoms with Crippen LogP contribution in [0.5, 0.6) is 0 Å². The molecule has 0 unspecified atom stereocenters. The van der Waals surface area contributed by atoms with Gasteiger partial charge in [0.1, 0.15) is 11.7 Å². The van der Waals surface area contributed by atoms with Crippen molar-refractivity contribution >= 4 is 23.4 Å². The van der Waals surface area contributed by atoms with Gasteiger partial charge in [0, 0.05) is 44.5 Å². The van der Waals surface area contributed by atoms with Crippen molar-refractivity contribution in [1.29, 1.82) is 0 Å². The Morgan fingerprint density at radius 3 is 2.41 bits per heavy atom. The lowest BCUT2D eigenvalue weighted by molar-refractivity contribution is 0.0976. The number of hydrogen-bond acceptors (Lipinski definition) is 4. The van der Waals surface area contributed by atoms with Crippen LogP contribution in [0.1, 0.15) is 41.3 Å². The van der Waals surface area contributed by atoms with Crippen LogP contribution in [0.4, 0.5) is 13.2 Å². The van der Waals surface area contributed by atoms with Gasteiger partial charge in [0.2, 0.25) is 5.96 Å². The lowest BCUT2D eigenvalue weighted by Crippen LogP contribution is -2.32. The molecule has 10 heteroatoms. The number of carbonyl (C=O) groups is 1. The lowest BCUT2D eigenvalue weighted by atomic mass is 10.0.